The zero-order valence-electron chi connectivity index (χ0n) is 17.3. The van der Waals surface area contributed by atoms with Gasteiger partial charge in [0.05, 0.1) is 25.5 Å². The van der Waals surface area contributed by atoms with Gasteiger partial charge in [0.15, 0.2) is 11.5 Å². The Morgan fingerprint density at radius 1 is 1.12 bits per heavy atom. The van der Waals surface area contributed by atoms with Crippen LogP contribution < -0.4 is 19.5 Å². The summed E-state index contributed by atoms with van der Waals surface area (Å²) in [6.07, 6.45) is -2.74. The zero-order valence-corrected chi connectivity index (χ0v) is 18.1. The third-order valence-electron chi connectivity index (χ3n) is 4.04. The number of ether oxygens (including phenoxy) is 2. The number of hydrogen-bond acceptors (Lipinski definition) is 6. The van der Waals surface area contributed by atoms with E-state index in [4.69, 9.17) is 14.6 Å². The summed E-state index contributed by atoms with van der Waals surface area (Å²) in [5.41, 5.74) is -0.491. The number of amides is 1. The summed E-state index contributed by atoms with van der Waals surface area (Å²) in [7, 11) is -2.06. The number of hydrogen-bond donors (Lipinski definition) is 3. The van der Waals surface area contributed by atoms with Crippen molar-refractivity contribution in [1.82, 2.24) is 5.32 Å². The second-order valence-electron chi connectivity index (χ2n) is 6.38. The van der Waals surface area contributed by atoms with Gasteiger partial charge in [-0.25, -0.2) is 13.2 Å². The Kier molecular flexibility index (Phi) is 7.93. The van der Waals surface area contributed by atoms with E-state index in [-0.39, 0.29) is 28.3 Å². The Morgan fingerprint density at radius 2 is 1.79 bits per heavy atom. The monoisotopic (exact) mass is 488 g/mol. The maximum atomic E-state index is 13.1. The van der Waals surface area contributed by atoms with Gasteiger partial charge in [0.2, 0.25) is 0 Å². The number of rotatable bonds is 9. The molecule has 0 unspecified atom stereocenters. The number of alkyl halides is 3. The molecule has 0 saturated carbocycles. The van der Waals surface area contributed by atoms with Crippen molar-refractivity contribution < 1.29 is 45.8 Å². The number of carboxylic acid groups (broad SMARTS) is 1. The first-order valence-corrected chi connectivity index (χ1v) is 10.5. The fraction of sp³-hybridized carbons (Fsp3) is 0.200. The summed E-state index contributed by atoms with van der Waals surface area (Å²) in [4.78, 5) is 22.6. The molecule has 2 aromatic carbocycles. The smallest absolute Gasteiger partial charge is 0.405 e. The van der Waals surface area contributed by atoms with Gasteiger partial charge in [-0.3, -0.25) is 9.52 Å². The molecule has 0 aromatic heterocycles. The minimum absolute atomic E-state index is 0.0263. The van der Waals surface area contributed by atoms with Crippen LogP contribution in [0.5, 0.6) is 11.5 Å². The minimum Gasteiger partial charge on any atom is -0.493 e. The Hall–Kier alpha value is -3.74. The average Bonchev–Trinajstić information content (AvgIpc) is 2.74. The third kappa shape index (κ3) is 6.87. The van der Waals surface area contributed by atoms with Crippen LogP contribution in [0.25, 0.3) is 6.08 Å². The van der Waals surface area contributed by atoms with Gasteiger partial charge in [0.1, 0.15) is 11.4 Å². The highest BCUT2D eigenvalue weighted by molar-refractivity contribution is 7.92. The average molecular weight is 488 g/mol. The SMILES string of the molecule is COc1cc(/C=C/C(=O)O)cc(S(=O)(=O)Nc2ccccc2C(=O)NCC(F)(F)F)c1OC. The van der Waals surface area contributed by atoms with Crippen molar-refractivity contribution in [2.45, 2.75) is 11.1 Å². The van der Waals surface area contributed by atoms with Crippen molar-refractivity contribution in [2.24, 2.45) is 0 Å². The number of para-hydroxylation sites is 1. The lowest BCUT2D eigenvalue weighted by Crippen LogP contribution is -2.34. The first kappa shape index (κ1) is 25.5. The molecule has 0 radical (unpaired) electrons. The van der Waals surface area contributed by atoms with E-state index in [0.29, 0.717) is 0 Å². The van der Waals surface area contributed by atoms with Crippen molar-refractivity contribution in [3.8, 4) is 11.5 Å². The van der Waals surface area contributed by atoms with Gasteiger partial charge in [-0.15, -0.1) is 0 Å². The van der Waals surface area contributed by atoms with Crippen LogP contribution in [0.1, 0.15) is 15.9 Å². The van der Waals surface area contributed by atoms with Crippen LogP contribution in [0.15, 0.2) is 47.4 Å². The van der Waals surface area contributed by atoms with Gasteiger partial charge < -0.3 is 19.9 Å². The van der Waals surface area contributed by atoms with Gasteiger partial charge in [0, 0.05) is 6.08 Å². The molecule has 2 rings (SSSR count). The molecule has 1 amide bonds. The van der Waals surface area contributed by atoms with E-state index in [0.717, 1.165) is 24.3 Å². The predicted octanol–water partition coefficient (Wildman–Crippen LogP) is 2.89. The molecule has 0 spiro atoms. The molecular weight excluding hydrogens is 469 g/mol. The van der Waals surface area contributed by atoms with E-state index in [1.165, 1.54) is 38.5 Å². The lowest BCUT2D eigenvalue weighted by molar-refractivity contribution is -0.131. The number of sulfonamides is 1. The van der Waals surface area contributed by atoms with Crippen LogP contribution in [0.3, 0.4) is 0 Å². The topological polar surface area (TPSA) is 131 Å². The number of carboxylic acids is 1. The van der Waals surface area contributed by atoms with E-state index in [1.807, 2.05) is 0 Å². The molecular formula is C20H19F3N2O7S. The van der Waals surface area contributed by atoms with E-state index in [1.54, 1.807) is 5.32 Å². The van der Waals surface area contributed by atoms with Crippen molar-refractivity contribution in [3.05, 3.63) is 53.6 Å². The first-order chi connectivity index (χ1) is 15.4. The molecule has 0 aliphatic carbocycles. The molecule has 0 aliphatic rings. The van der Waals surface area contributed by atoms with Crippen molar-refractivity contribution in [2.75, 3.05) is 25.5 Å². The maximum Gasteiger partial charge on any atom is 0.405 e. The highest BCUT2D eigenvalue weighted by Gasteiger charge is 2.29. The summed E-state index contributed by atoms with van der Waals surface area (Å²) in [5.74, 6) is -2.66. The zero-order chi connectivity index (χ0) is 24.8. The molecule has 0 bridgehead atoms. The van der Waals surface area contributed by atoms with Gasteiger partial charge in [-0.05, 0) is 35.9 Å². The van der Waals surface area contributed by atoms with Crippen LogP contribution >= 0.6 is 0 Å². The molecule has 0 atom stereocenters. The van der Waals surface area contributed by atoms with Crippen molar-refractivity contribution in [1.29, 1.82) is 0 Å². The molecule has 0 aliphatic heterocycles. The van der Waals surface area contributed by atoms with E-state index >= 15 is 0 Å². The van der Waals surface area contributed by atoms with E-state index in [9.17, 15) is 31.2 Å². The van der Waals surface area contributed by atoms with Crippen LogP contribution in [0.2, 0.25) is 0 Å². The highest BCUT2D eigenvalue weighted by Crippen LogP contribution is 2.37. The number of carbonyl (C=O) groups is 2. The Bertz CT molecular complexity index is 1180. The number of benzene rings is 2. The molecule has 0 saturated heterocycles. The van der Waals surface area contributed by atoms with Gasteiger partial charge in [-0.1, -0.05) is 12.1 Å². The third-order valence-corrected chi connectivity index (χ3v) is 5.41. The number of methoxy groups -OCH3 is 2. The fourth-order valence-corrected chi connectivity index (χ4v) is 3.96. The van der Waals surface area contributed by atoms with Crippen molar-refractivity contribution in [3.63, 3.8) is 0 Å². The molecule has 13 heteroatoms. The molecule has 33 heavy (non-hydrogen) atoms. The number of nitrogens with one attached hydrogen (secondary N) is 2. The standard InChI is InChI=1S/C20H19F3N2O7S/c1-31-15-9-12(7-8-17(26)27)10-16(18(15)32-2)33(29,30)25-14-6-4-3-5-13(14)19(28)24-11-20(21,22)23/h3-10,25H,11H2,1-2H3,(H,24,28)(H,26,27)/b8-7+. The highest BCUT2D eigenvalue weighted by atomic mass is 32.2. The van der Waals surface area contributed by atoms with Crippen LogP contribution in [-0.2, 0) is 14.8 Å². The van der Waals surface area contributed by atoms with Gasteiger partial charge >= 0.3 is 12.1 Å². The van der Waals surface area contributed by atoms with E-state index in [2.05, 4.69) is 4.72 Å². The summed E-state index contributed by atoms with van der Waals surface area (Å²) < 4.78 is 76.0. The largest absolute Gasteiger partial charge is 0.493 e. The second kappa shape index (κ2) is 10.3. The molecule has 178 valence electrons. The van der Waals surface area contributed by atoms with Crippen LogP contribution in [0, 0.1) is 0 Å². The number of anilines is 1. The normalized spacial score (nSPS) is 11.8. The number of carbonyl (C=O) groups excluding carboxylic acids is 1. The summed E-state index contributed by atoms with van der Waals surface area (Å²) in [6.45, 7) is -1.60. The van der Waals surface area contributed by atoms with Crippen molar-refractivity contribution >= 4 is 33.7 Å². The molecule has 9 nitrogen and oxygen atoms in total. The number of aliphatic carboxylic acids is 1. The second-order valence-corrected chi connectivity index (χ2v) is 8.03. The first-order valence-electron chi connectivity index (χ1n) is 9.01. The maximum absolute atomic E-state index is 13.1. The Balaban J connectivity index is 2.51. The summed E-state index contributed by atoms with van der Waals surface area (Å²) in [5, 5.41) is 10.5. The van der Waals surface area contributed by atoms with Gasteiger partial charge in [0.25, 0.3) is 15.9 Å². The molecule has 0 fully saturated rings. The lowest BCUT2D eigenvalue weighted by atomic mass is 10.1. The Labute approximate surface area is 186 Å². The summed E-state index contributed by atoms with van der Waals surface area (Å²) in [6, 6.07) is 7.51. The quantitative estimate of drug-likeness (QED) is 0.463. The Morgan fingerprint density at radius 3 is 2.36 bits per heavy atom. The minimum atomic E-state index is -4.65. The van der Waals surface area contributed by atoms with Crippen LogP contribution in [-0.4, -0.2) is 52.3 Å². The fourth-order valence-electron chi connectivity index (χ4n) is 2.66. The van der Waals surface area contributed by atoms with Gasteiger partial charge in [-0.2, -0.15) is 13.2 Å². The summed E-state index contributed by atoms with van der Waals surface area (Å²) >= 11 is 0. The molecule has 2 aromatic rings. The lowest BCUT2D eigenvalue weighted by Gasteiger charge is -2.17. The van der Waals surface area contributed by atoms with Crippen LogP contribution in [0.4, 0.5) is 18.9 Å². The molecule has 0 heterocycles. The van der Waals surface area contributed by atoms with E-state index < -0.39 is 39.5 Å². The molecule has 3 N–H and O–H groups in total. The number of halogens is 3. The predicted molar refractivity (Wildman–Crippen MR) is 112 cm³/mol.